The van der Waals surface area contributed by atoms with Gasteiger partial charge in [-0.2, -0.15) is 4.98 Å². The summed E-state index contributed by atoms with van der Waals surface area (Å²) in [6, 6.07) is 16.0. The van der Waals surface area contributed by atoms with E-state index in [9.17, 15) is 4.79 Å². The third-order valence-corrected chi connectivity index (χ3v) is 6.68. The smallest absolute Gasteiger partial charge is 0.261 e. The molecule has 1 aliphatic heterocycles. The van der Waals surface area contributed by atoms with Gasteiger partial charge in [-0.05, 0) is 69.3 Å². The van der Waals surface area contributed by atoms with Crippen molar-refractivity contribution in [3.63, 3.8) is 0 Å². The summed E-state index contributed by atoms with van der Waals surface area (Å²) in [4.78, 5) is 30.0. The lowest BCUT2D eigenvalue weighted by atomic mass is 10.0. The largest absolute Gasteiger partial charge is 0.371 e. The molecule has 3 heterocycles. The van der Waals surface area contributed by atoms with Gasteiger partial charge in [0.05, 0.1) is 11.1 Å². The van der Waals surface area contributed by atoms with Crippen LogP contribution in [0.2, 0.25) is 0 Å². The summed E-state index contributed by atoms with van der Waals surface area (Å²) < 4.78 is 0. The van der Waals surface area contributed by atoms with Crippen LogP contribution < -0.4 is 10.2 Å². The van der Waals surface area contributed by atoms with Crippen molar-refractivity contribution in [2.75, 3.05) is 43.9 Å². The fourth-order valence-electron chi connectivity index (χ4n) is 4.80. The number of likely N-dealkylation sites (N-methyl/N-ethyl adjacent to an activating group) is 1. The average Bonchev–Trinajstić information content (AvgIpc) is 3.36. The Morgan fingerprint density at radius 1 is 1.13 bits per heavy atom. The van der Waals surface area contributed by atoms with E-state index in [1.165, 1.54) is 24.9 Å². The number of nitrogens with zero attached hydrogens (tertiary/aromatic N) is 6. The van der Waals surface area contributed by atoms with E-state index in [1.807, 2.05) is 61.5 Å². The minimum atomic E-state index is 0.0305. The molecule has 4 aromatic rings. The fourth-order valence-corrected chi connectivity index (χ4v) is 4.80. The van der Waals surface area contributed by atoms with Crippen molar-refractivity contribution < 1.29 is 4.79 Å². The average molecular weight is 521 g/mol. The Hall–Kier alpha value is -4.55. The Bertz CT molecular complexity index is 1540. The van der Waals surface area contributed by atoms with Gasteiger partial charge in [0.25, 0.3) is 5.82 Å². The maximum absolute atomic E-state index is 12.5. The summed E-state index contributed by atoms with van der Waals surface area (Å²) in [5, 5.41) is 11.0. The molecule has 0 saturated carbocycles. The standard InChI is InChI=1S/C30H32N8O/c1-31-28-26-27(22-11-7-10-21(18-22)19-25(39)14-9-15-37(2)3)33-30(34-29(26)36-35-28)32-23-12-8-13-24(20-23)38-16-5-4-6-17-38/h7-14,18,20H,4-6,15-17,19H2,2-3H3,(H2,32,33,34,35,36)/b14-9+. The summed E-state index contributed by atoms with van der Waals surface area (Å²) in [5.74, 6) is 0.708. The van der Waals surface area contributed by atoms with Crippen LogP contribution in [0.1, 0.15) is 24.8 Å². The minimum absolute atomic E-state index is 0.0305. The molecule has 0 atom stereocenters. The van der Waals surface area contributed by atoms with E-state index in [1.54, 1.807) is 6.08 Å². The molecule has 2 aromatic heterocycles. The van der Waals surface area contributed by atoms with Gasteiger partial charge in [-0.1, -0.05) is 42.0 Å². The number of rotatable bonds is 9. The topological polar surface area (TPSA) is 94.4 Å². The predicted molar refractivity (Wildman–Crippen MR) is 156 cm³/mol. The van der Waals surface area contributed by atoms with Crippen LogP contribution in [0.15, 0.2) is 60.7 Å². The van der Waals surface area contributed by atoms with E-state index < -0.39 is 0 Å². The number of H-pyrrole nitrogens is 1. The van der Waals surface area contributed by atoms with Crippen LogP contribution in [0.5, 0.6) is 0 Å². The first-order valence-electron chi connectivity index (χ1n) is 13.2. The van der Waals surface area contributed by atoms with Gasteiger partial charge in [-0.15, -0.1) is 0 Å². The quantitative estimate of drug-likeness (QED) is 0.221. The Labute approximate surface area is 228 Å². The van der Waals surface area contributed by atoms with Gasteiger partial charge in [0.2, 0.25) is 5.95 Å². The lowest BCUT2D eigenvalue weighted by molar-refractivity contribution is -0.114. The number of anilines is 3. The summed E-state index contributed by atoms with van der Waals surface area (Å²) >= 11 is 0. The van der Waals surface area contributed by atoms with Crippen molar-refractivity contribution in [1.82, 2.24) is 25.1 Å². The van der Waals surface area contributed by atoms with Crippen molar-refractivity contribution in [3.8, 4) is 11.3 Å². The number of aromatic amines is 1. The van der Waals surface area contributed by atoms with Crippen LogP contribution in [0.4, 0.5) is 23.1 Å². The summed E-state index contributed by atoms with van der Waals surface area (Å²) in [5.41, 5.74) is 4.72. The van der Waals surface area contributed by atoms with E-state index in [4.69, 9.17) is 11.6 Å². The van der Waals surface area contributed by atoms with Crippen molar-refractivity contribution >= 4 is 40.0 Å². The fraction of sp³-hybridized carbons (Fsp3) is 0.300. The SMILES string of the molecule is [C-]#[N+]c1[nH]nc2nc(Nc3cccc(N4CCCCC4)c3)nc(-c3cccc(CC(=O)/C=C/CN(C)C)c3)c12. The van der Waals surface area contributed by atoms with Crippen molar-refractivity contribution in [1.29, 1.82) is 0 Å². The van der Waals surface area contributed by atoms with Gasteiger partial charge in [0, 0.05) is 43.0 Å². The third kappa shape index (κ3) is 6.30. The Kier molecular flexibility index (Phi) is 7.94. The predicted octanol–water partition coefficient (Wildman–Crippen LogP) is 5.53. The molecule has 0 bridgehead atoms. The van der Waals surface area contributed by atoms with Crippen LogP contribution in [-0.2, 0) is 11.2 Å². The molecule has 1 saturated heterocycles. The van der Waals surface area contributed by atoms with Crippen LogP contribution in [-0.4, -0.2) is 64.6 Å². The first-order valence-corrected chi connectivity index (χ1v) is 13.2. The molecule has 2 aromatic carbocycles. The number of hydrogen-bond acceptors (Lipinski definition) is 7. The maximum Gasteiger partial charge on any atom is 0.261 e. The maximum atomic E-state index is 12.5. The number of nitrogens with one attached hydrogen (secondary N) is 2. The van der Waals surface area contributed by atoms with Crippen LogP contribution in [0.3, 0.4) is 0 Å². The molecular weight excluding hydrogens is 488 g/mol. The van der Waals surface area contributed by atoms with Gasteiger partial charge in [-0.25, -0.2) is 10.1 Å². The molecule has 0 aliphatic carbocycles. The van der Waals surface area contributed by atoms with Crippen molar-refractivity contribution in [2.45, 2.75) is 25.7 Å². The monoisotopic (exact) mass is 520 g/mol. The number of benzene rings is 2. The number of piperidine rings is 1. The zero-order valence-corrected chi connectivity index (χ0v) is 22.3. The van der Waals surface area contributed by atoms with Gasteiger partial charge in [-0.3, -0.25) is 4.79 Å². The number of hydrogen-bond donors (Lipinski definition) is 2. The molecule has 1 fully saturated rings. The zero-order chi connectivity index (χ0) is 27.2. The van der Waals surface area contributed by atoms with E-state index in [0.717, 1.165) is 29.9 Å². The van der Waals surface area contributed by atoms with E-state index in [2.05, 4.69) is 42.4 Å². The van der Waals surface area contributed by atoms with E-state index in [-0.39, 0.29) is 18.0 Å². The van der Waals surface area contributed by atoms with Gasteiger partial charge >= 0.3 is 0 Å². The summed E-state index contributed by atoms with van der Waals surface area (Å²) in [6.45, 7) is 10.4. The summed E-state index contributed by atoms with van der Waals surface area (Å²) in [6.07, 6.45) is 7.47. The van der Waals surface area contributed by atoms with Gasteiger partial charge in [0.1, 0.15) is 0 Å². The molecule has 0 unspecified atom stereocenters. The first kappa shape index (κ1) is 26.1. The van der Waals surface area contributed by atoms with E-state index in [0.29, 0.717) is 29.2 Å². The first-order chi connectivity index (χ1) is 19.0. The molecule has 9 heteroatoms. The van der Waals surface area contributed by atoms with Crippen LogP contribution in [0.25, 0.3) is 27.1 Å². The highest BCUT2D eigenvalue weighted by atomic mass is 16.1. The highest BCUT2D eigenvalue weighted by Crippen LogP contribution is 2.34. The molecule has 0 amide bonds. The highest BCUT2D eigenvalue weighted by Gasteiger charge is 2.18. The Morgan fingerprint density at radius 3 is 2.74 bits per heavy atom. The molecule has 39 heavy (non-hydrogen) atoms. The molecule has 9 nitrogen and oxygen atoms in total. The second-order valence-corrected chi connectivity index (χ2v) is 10.0. The zero-order valence-electron chi connectivity index (χ0n) is 22.3. The third-order valence-electron chi connectivity index (χ3n) is 6.68. The van der Waals surface area contributed by atoms with Crippen molar-refractivity contribution in [3.05, 3.63) is 77.7 Å². The van der Waals surface area contributed by atoms with Gasteiger partial charge in [0.15, 0.2) is 11.4 Å². The number of aromatic nitrogens is 4. The lowest BCUT2D eigenvalue weighted by Gasteiger charge is -2.29. The number of ketones is 1. The molecule has 0 radical (unpaired) electrons. The molecular formula is C30H32N8O. The van der Waals surface area contributed by atoms with Crippen LogP contribution >= 0.6 is 0 Å². The van der Waals surface area contributed by atoms with Crippen molar-refractivity contribution in [2.24, 2.45) is 0 Å². The summed E-state index contributed by atoms with van der Waals surface area (Å²) in [7, 11) is 3.92. The normalized spacial score (nSPS) is 13.7. The molecule has 0 spiro atoms. The van der Waals surface area contributed by atoms with Crippen LogP contribution in [0, 0.1) is 6.57 Å². The lowest BCUT2D eigenvalue weighted by Crippen LogP contribution is -2.29. The molecule has 1 aliphatic rings. The molecule has 2 N–H and O–H groups in total. The number of fused-ring (bicyclic) bond motifs is 1. The Morgan fingerprint density at radius 2 is 1.95 bits per heavy atom. The number of carbonyl (C=O) groups excluding carboxylic acids is 1. The Balaban J connectivity index is 1.46. The van der Waals surface area contributed by atoms with Gasteiger partial charge < -0.3 is 20.0 Å². The minimum Gasteiger partial charge on any atom is -0.371 e. The van der Waals surface area contributed by atoms with E-state index >= 15 is 0 Å². The second kappa shape index (κ2) is 11.9. The number of allylic oxidation sites excluding steroid dienone is 1. The molecule has 198 valence electrons. The second-order valence-electron chi connectivity index (χ2n) is 10.0. The molecule has 5 rings (SSSR count). The number of carbonyl (C=O) groups is 1. The highest BCUT2D eigenvalue weighted by molar-refractivity contribution is 6.00.